The highest BCUT2D eigenvalue weighted by Gasteiger charge is 2.23. The van der Waals surface area contributed by atoms with E-state index in [1.54, 1.807) is 42.1 Å². The number of carbonyl (C=O) groups excluding carboxylic acids is 1. The number of nitrogens with two attached hydrogens (primary N) is 1. The number of furan rings is 1. The van der Waals surface area contributed by atoms with Gasteiger partial charge in [0.1, 0.15) is 35.9 Å². The fourth-order valence-corrected chi connectivity index (χ4v) is 3.28. The van der Waals surface area contributed by atoms with Crippen LogP contribution in [0.5, 0.6) is 11.5 Å². The second-order valence-corrected chi connectivity index (χ2v) is 6.46. The Morgan fingerprint density at radius 3 is 2.61 bits per heavy atom. The number of aryl methyl sites for hydroxylation is 1. The van der Waals surface area contributed by atoms with Gasteiger partial charge in [0, 0.05) is 19.2 Å². The molecule has 0 unspecified atom stereocenters. The third-order valence-electron chi connectivity index (χ3n) is 4.71. The SMILES string of the molecule is Cn1c(N)c(C(=O)NCc2ccco2)c2nc3cc4c(cc3nc21)OCCO4. The van der Waals surface area contributed by atoms with Crippen molar-refractivity contribution in [2.24, 2.45) is 7.05 Å². The van der Waals surface area contributed by atoms with Crippen molar-refractivity contribution in [1.29, 1.82) is 0 Å². The van der Waals surface area contributed by atoms with Crippen LogP contribution in [0.1, 0.15) is 16.1 Å². The number of nitrogens with zero attached hydrogens (tertiary/aromatic N) is 3. The second kappa shape index (κ2) is 6.15. The van der Waals surface area contributed by atoms with E-state index in [9.17, 15) is 4.79 Å². The van der Waals surface area contributed by atoms with E-state index < -0.39 is 0 Å². The molecule has 9 nitrogen and oxygen atoms in total. The van der Waals surface area contributed by atoms with E-state index in [4.69, 9.17) is 19.6 Å². The average Bonchev–Trinajstić information content (AvgIpc) is 3.30. The van der Waals surface area contributed by atoms with Gasteiger partial charge in [-0.2, -0.15) is 0 Å². The van der Waals surface area contributed by atoms with Crippen molar-refractivity contribution in [1.82, 2.24) is 19.9 Å². The first-order valence-corrected chi connectivity index (χ1v) is 8.77. The highest BCUT2D eigenvalue weighted by molar-refractivity contribution is 6.10. The zero-order valence-corrected chi connectivity index (χ0v) is 15.1. The van der Waals surface area contributed by atoms with Crippen molar-refractivity contribution in [3.8, 4) is 11.5 Å². The number of aromatic nitrogens is 3. The summed E-state index contributed by atoms with van der Waals surface area (Å²) in [4.78, 5) is 22.1. The molecule has 5 rings (SSSR count). The fourth-order valence-electron chi connectivity index (χ4n) is 3.28. The van der Waals surface area contributed by atoms with E-state index in [0.29, 0.717) is 58.5 Å². The lowest BCUT2D eigenvalue weighted by Gasteiger charge is -2.18. The molecule has 1 aromatic carbocycles. The van der Waals surface area contributed by atoms with Gasteiger partial charge in [0.05, 0.1) is 23.8 Å². The van der Waals surface area contributed by atoms with Crippen LogP contribution in [0.25, 0.3) is 22.2 Å². The molecule has 0 fully saturated rings. The average molecular weight is 379 g/mol. The van der Waals surface area contributed by atoms with Crippen LogP contribution in [0, 0.1) is 0 Å². The van der Waals surface area contributed by atoms with Crippen LogP contribution < -0.4 is 20.5 Å². The summed E-state index contributed by atoms with van der Waals surface area (Å²) in [7, 11) is 1.75. The van der Waals surface area contributed by atoms with Crippen LogP contribution in [0.2, 0.25) is 0 Å². The minimum Gasteiger partial charge on any atom is -0.486 e. The number of nitrogen functional groups attached to an aromatic ring is 1. The number of rotatable bonds is 3. The summed E-state index contributed by atoms with van der Waals surface area (Å²) >= 11 is 0. The Hall–Kier alpha value is -3.75. The predicted molar refractivity (Wildman–Crippen MR) is 101 cm³/mol. The molecule has 3 N–H and O–H groups in total. The first-order valence-electron chi connectivity index (χ1n) is 8.77. The number of hydrogen-bond acceptors (Lipinski definition) is 7. The van der Waals surface area contributed by atoms with Gasteiger partial charge in [-0.25, -0.2) is 9.97 Å². The molecule has 142 valence electrons. The molecule has 0 spiro atoms. The third-order valence-corrected chi connectivity index (χ3v) is 4.71. The molecule has 3 aromatic heterocycles. The van der Waals surface area contributed by atoms with Crippen molar-refractivity contribution in [2.45, 2.75) is 6.54 Å². The molecule has 9 heteroatoms. The number of nitrogens with one attached hydrogen (secondary N) is 1. The van der Waals surface area contributed by atoms with E-state index >= 15 is 0 Å². The number of benzene rings is 1. The Kier molecular flexibility index (Phi) is 3.61. The Balaban J connectivity index is 1.61. The summed E-state index contributed by atoms with van der Waals surface area (Å²) in [5.74, 6) is 1.84. The molecular formula is C19H17N5O4. The first-order chi connectivity index (χ1) is 13.6. The predicted octanol–water partition coefficient (Wildman–Crippen LogP) is 2.00. The molecule has 0 saturated carbocycles. The smallest absolute Gasteiger partial charge is 0.257 e. The maximum absolute atomic E-state index is 12.8. The lowest BCUT2D eigenvalue weighted by molar-refractivity contribution is 0.0950. The molecule has 0 atom stereocenters. The molecule has 28 heavy (non-hydrogen) atoms. The topological polar surface area (TPSA) is 117 Å². The summed E-state index contributed by atoms with van der Waals surface area (Å²) in [6.07, 6.45) is 1.55. The van der Waals surface area contributed by atoms with Crippen molar-refractivity contribution in [2.75, 3.05) is 18.9 Å². The Labute approximate surface area is 159 Å². The Morgan fingerprint density at radius 2 is 1.93 bits per heavy atom. The van der Waals surface area contributed by atoms with Gasteiger partial charge < -0.3 is 29.5 Å². The number of hydrogen-bond donors (Lipinski definition) is 2. The molecular weight excluding hydrogens is 362 g/mol. The molecule has 1 amide bonds. The molecule has 0 saturated heterocycles. The second-order valence-electron chi connectivity index (χ2n) is 6.46. The minimum atomic E-state index is -0.342. The van der Waals surface area contributed by atoms with Gasteiger partial charge in [-0.3, -0.25) is 4.79 Å². The quantitative estimate of drug-likeness (QED) is 0.559. The monoisotopic (exact) mass is 379 g/mol. The molecule has 1 aliphatic heterocycles. The van der Waals surface area contributed by atoms with Crippen LogP contribution >= 0.6 is 0 Å². The van der Waals surface area contributed by atoms with Gasteiger partial charge in [-0.05, 0) is 12.1 Å². The van der Waals surface area contributed by atoms with Crippen LogP contribution in [0.3, 0.4) is 0 Å². The third kappa shape index (κ3) is 2.51. The molecule has 0 aliphatic carbocycles. The van der Waals surface area contributed by atoms with Crippen molar-refractivity contribution in [3.05, 3.63) is 41.9 Å². The summed E-state index contributed by atoms with van der Waals surface area (Å²) in [6.45, 7) is 1.22. The van der Waals surface area contributed by atoms with E-state index in [-0.39, 0.29) is 18.0 Å². The van der Waals surface area contributed by atoms with Gasteiger partial charge in [-0.1, -0.05) is 0 Å². The van der Waals surface area contributed by atoms with Crippen molar-refractivity contribution >= 4 is 33.9 Å². The van der Waals surface area contributed by atoms with Gasteiger partial charge in [0.2, 0.25) is 0 Å². The zero-order valence-electron chi connectivity index (χ0n) is 15.1. The summed E-state index contributed by atoms with van der Waals surface area (Å²) in [6, 6.07) is 7.10. The maximum atomic E-state index is 12.8. The van der Waals surface area contributed by atoms with Gasteiger partial charge in [0.25, 0.3) is 5.91 Å². The van der Waals surface area contributed by atoms with E-state index in [1.807, 2.05) is 0 Å². The van der Waals surface area contributed by atoms with E-state index in [0.717, 1.165) is 0 Å². The lowest BCUT2D eigenvalue weighted by Crippen LogP contribution is -2.23. The fraction of sp³-hybridized carbons (Fsp3) is 0.211. The van der Waals surface area contributed by atoms with Crippen molar-refractivity contribution < 1.29 is 18.7 Å². The summed E-state index contributed by atoms with van der Waals surface area (Å²) in [5.41, 5.74) is 8.67. The Bertz CT molecular complexity index is 1210. The summed E-state index contributed by atoms with van der Waals surface area (Å²) < 4.78 is 18.1. The highest BCUT2D eigenvalue weighted by atomic mass is 16.6. The number of carbonyl (C=O) groups is 1. The van der Waals surface area contributed by atoms with Crippen LogP contribution in [-0.4, -0.2) is 33.7 Å². The van der Waals surface area contributed by atoms with Crippen LogP contribution in [-0.2, 0) is 13.6 Å². The number of anilines is 1. The Morgan fingerprint density at radius 1 is 1.21 bits per heavy atom. The normalized spacial score (nSPS) is 13.2. The van der Waals surface area contributed by atoms with Gasteiger partial charge in [-0.15, -0.1) is 0 Å². The molecule has 1 aliphatic rings. The molecule has 4 aromatic rings. The van der Waals surface area contributed by atoms with E-state index in [2.05, 4.69) is 15.3 Å². The molecule has 0 bridgehead atoms. The number of fused-ring (bicyclic) bond motifs is 3. The minimum absolute atomic E-state index is 0.251. The van der Waals surface area contributed by atoms with Gasteiger partial charge in [0.15, 0.2) is 17.1 Å². The largest absolute Gasteiger partial charge is 0.486 e. The first kappa shape index (κ1) is 16.4. The number of amides is 1. The van der Waals surface area contributed by atoms with Crippen LogP contribution in [0.15, 0.2) is 34.9 Å². The number of ether oxygens (including phenoxy) is 2. The highest BCUT2D eigenvalue weighted by Crippen LogP contribution is 2.35. The zero-order chi connectivity index (χ0) is 19.3. The summed E-state index contributed by atoms with van der Waals surface area (Å²) in [5, 5.41) is 2.81. The molecule has 0 radical (unpaired) electrons. The van der Waals surface area contributed by atoms with E-state index in [1.165, 1.54) is 0 Å². The standard InChI is InChI=1S/C19H17N5O4/c1-24-17(20)15(19(25)21-9-10-3-2-4-26-10)16-18(24)23-12-8-14-13(7-11(12)22-16)27-5-6-28-14/h2-4,7-8H,5-6,9,20H2,1H3,(H,21,25). The van der Waals surface area contributed by atoms with Crippen LogP contribution in [0.4, 0.5) is 5.82 Å². The lowest BCUT2D eigenvalue weighted by atomic mass is 10.2. The van der Waals surface area contributed by atoms with Gasteiger partial charge >= 0.3 is 0 Å². The van der Waals surface area contributed by atoms with Crippen molar-refractivity contribution in [3.63, 3.8) is 0 Å². The molecule has 4 heterocycles. The maximum Gasteiger partial charge on any atom is 0.257 e.